The fourth-order valence-electron chi connectivity index (χ4n) is 2.11. The minimum atomic E-state index is -0.481. The molecule has 2 aromatic rings. The Labute approximate surface area is 126 Å². The van der Waals surface area contributed by atoms with Crippen molar-refractivity contribution in [1.29, 1.82) is 0 Å². The van der Waals surface area contributed by atoms with Crippen molar-refractivity contribution < 1.29 is 5.11 Å². The molecule has 0 fully saturated rings. The van der Waals surface area contributed by atoms with Crippen molar-refractivity contribution in [2.75, 3.05) is 0 Å². The second-order valence-electron chi connectivity index (χ2n) is 4.62. The van der Waals surface area contributed by atoms with E-state index in [2.05, 4.69) is 21.0 Å². The molecule has 5 heteroatoms. The van der Waals surface area contributed by atoms with Gasteiger partial charge in [0, 0.05) is 24.9 Å². The number of aromatic nitrogens is 2. The van der Waals surface area contributed by atoms with Crippen molar-refractivity contribution in [2.45, 2.75) is 25.9 Å². The van der Waals surface area contributed by atoms with E-state index >= 15 is 0 Å². The number of rotatable bonds is 4. The topological polar surface area (TPSA) is 38.0 Å². The van der Waals surface area contributed by atoms with Gasteiger partial charge in [-0.25, -0.2) is 0 Å². The molecule has 0 aliphatic rings. The second-order valence-corrected chi connectivity index (χ2v) is 5.82. The van der Waals surface area contributed by atoms with Crippen molar-refractivity contribution >= 4 is 27.5 Å². The van der Waals surface area contributed by atoms with Crippen LogP contribution < -0.4 is 0 Å². The lowest BCUT2D eigenvalue weighted by molar-refractivity contribution is 0.172. The summed E-state index contributed by atoms with van der Waals surface area (Å²) in [7, 11) is 1.88. The van der Waals surface area contributed by atoms with Gasteiger partial charge in [0.05, 0.1) is 22.0 Å². The zero-order valence-corrected chi connectivity index (χ0v) is 13.2. The lowest BCUT2D eigenvalue weighted by atomic mass is 10.0. The zero-order valence-electron chi connectivity index (χ0n) is 10.9. The third kappa shape index (κ3) is 3.38. The highest BCUT2D eigenvalue weighted by Crippen LogP contribution is 2.23. The predicted molar refractivity (Wildman–Crippen MR) is 80.5 cm³/mol. The number of benzene rings is 1. The van der Waals surface area contributed by atoms with Gasteiger partial charge in [0.25, 0.3) is 0 Å². The van der Waals surface area contributed by atoms with Gasteiger partial charge in [-0.2, -0.15) is 5.10 Å². The van der Waals surface area contributed by atoms with Crippen LogP contribution in [0.2, 0.25) is 5.02 Å². The first-order chi connectivity index (χ1) is 8.99. The van der Waals surface area contributed by atoms with Crippen LogP contribution in [0.4, 0.5) is 0 Å². The number of halogens is 2. The molecule has 19 heavy (non-hydrogen) atoms. The number of nitrogens with zero attached hydrogens (tertiary/aromatic N) is 2. The molecule has 0 saturated carbocycles. The molecule has 0 aliphatic carbocycles. The molecule has 1 aromatic heterocycles. The van der Waals surface area contributed by atoms with Crippen molar-refractivity contribution in [3.05, 3.63) is 50.7 Å². The molecular weight excluding hydrogens is 328 g/mol. The van der Waals surface area contributed by atoms with E-state index in [1.165, 1.54) is 0 Å². The van der Waals surface area contributed by atoms with E-state index in [9.17, 15) is 5.11 Å². The SMILES string of the molecule is Cc1nn(C)c(CC(O)Cc2ccccc2Cl)c1Br. The average molecular weight is 344 g/mol. The maximum atomic E-state index is 10.2. The van der Waals surface area contributed by atoms with Gasteiger partial charge >= 0.3 is 0 Å². The summed E-state index contributed by atoms with van der Waals surface area (Å²) in [6.45, 7) is 1.94. The normalized spacial score (nSPS) is 12.7. The van der Waals surface area contributed by atoms with Crippen LogP contribution in [0.15, 0.2) is 28.7 Å². The average Bonchev–Trinajstić information content (AvgIpc) is 2.59. The Kier molecular flexibility index (Phi) is 4.66. The Hall–Kier alpha value is -0.840. The smallest absolute Gasteiger partial charge is 0.0738 e. The molecule has 0 amide bonds. The standard InChI is InChI=1S/C14H16BrClN2O/c1-9-14(15)13(18(2)17-9)8-11(19)7-10-5-3-4-6-12(10)16/h3-6,11,19H,7-8H2,1-2H3. The van der Waals surface area contributed by atoms with Crippen molar-refractivity contribution in [3.8, 4) is 0 Å². The monoisotopic (exact) mass is 342 g/mol. The van der Waals surface area contributed by atoms with Crippen LogP contribution in [-0.2, 0) is 19.9 Å². The maximum absolute atomic E-state index is 10.2. The molecule has 0 radical (unpaired) electrons. The molecule has 0 aliphatic heterocycles. The highest BCUT2D eigenvalue weighted by Gasteiger charge is 2.16. The summed E-state index contributed by atoms with van der Waals surface area (Å²) in [6, 6.07) is 7.60. The van der Waals surface area contributed by atoms with Gasteiger partial charge in [0.2, 0.25) is 0 Å². The highest BCUT2D eigenvalue weighted by molar-refractivity contribution is 9.10. The molecule has 0 bridgehead atoms. The van der Waals surface area contributed by atoms with Crippen LogP contribution in [0.25, 0.3) is 0 Å². The molecule has 0 saturated heterocycles. The van der Waals surface area contributed by atoms with Gasteiger partial charge in [0.1, 0.15) is 0 Å². The minimum Gasteiger partial charge on any atom is -0.392 e. The molecule has 1 N–H and O–H groups in total. The lowest BCUT2D eigenvalue weighted by Gasteiger charge is -2.12. The highest BCUT2D eigenvalue weighted by atomic mass is 79.9. The van der Waals surface area contributed by atoms with Gasteiger partial charge in [-0.1, -0.05) is 29.8 Å². The zero-order chi connectivity index (χ0) is 14.0. The van der Waals surface area contributed by atoms with Gasteiger partial charge in [-0.05, 0) is 34.5 Å². The Morgan fingerprint density at radius 1 is 1.37 bits per heavy atom. The molecule has 1 heterocycles. The van der Waals surface area contributed by atoms with Crippen LogP contribution in [0, 0.1) is 6.92 Å². The van der Waals surface area contributed by atoms with Gasteiger partial charge < -0.3 is 5.11 Å². The molecule has 1 atom stereocenters. The summed E-state index contributed by atoms with van der Waals surface area (Å²) in [5.41, 5.74) is 2.89. The Bertz CT molecular complexity index is 583. The molecule has 2 rings (SSSR count). The van der Waals surface area contributed by atoms with Gasteiger partial charge in [-0.3, -0.25) is 4.68 Å². The summed E-state index contributed by atoms with van der Waals surface area (Å²) in [6.07, 6.45) is 0.602. The van der Waals surface area contributed by atoms with Crippen LogP contribution >= 0.6 is 27.5 Å². The number of hydrogen-bond donors (Lipinski definition) is 1. The van der Waals surface area contributed by atoms with Gasteiger partial charge in [-0.15, -0.1) is 0 Å². The van der Waals surface area contributed by atoms with Crippen LogP contribution in [-0.4, -0.2) is 21.0 Å². The number of aliphatic hydroxyl groups excluding tert-OH is 1. The third-order valence-electron chi connectivity index (χ3n) is 3.10. The first kappa shape index (κ1) is 14.6. The van der Waals surface area contributed by atoms with Gasteiger partial charge in [0.15, 0.2) is 0 Å². The minimum absolute atomic E-state index is 0.481. The van der Waals surface area contributed by atoms with E-state index < -0.39 is 6.10 Å². The molecular formula is C14H16BrClN2O. The summed E-state index contributed by atoms with van der Waals surface area (Å²) < 4.78 is 2.77. The maximum Gasteiger partial charge on any atom is 0.0738 e. The second kappa shape index (κ2) is 6.07. The van der Waals surface area contributed by atoms with E-state index in [4.69, 9.17) is 11.6 Å². The largest absolute Gasteiger partial charge is 0.392 e. The summed E-state index contributed by atoms with van der Waals surface area (Å²) in [5.74, 6) is 0. The first-order valence-corrected chi connectivity index (χ1v) is 7.25. The molecule has 3 nitrogen and oxygen atoms in total. The molecule has 102 valence electrons. The van der Waals surface area contributed by atoms with E-state index in [0.29, 0.717) is 17.9 Å². The molecule has 1 aromatic carbocycles. The van der Waals surface area contributed by atoms with Crippen LogP contribution in [0.3, 0.4) is 0 Å². The van der Waals surface area contributed by atoms with Crippen molar-refractivity contribution in [1.82, 2.24) is 9.78 Å². The van der Waals surface area contributed by atoms with E-state index in [1.54, 1.807) is 4.68 Å². The fourth-order valence-corrected chi connectivity index (χ4v) is 2.83. The number of aryl methyl sites for hydroxylation is 2. The summed E-state index contributed by atoms with van der Waals surface area (Å²) in [5, 5.41) is 15.2. The Morgan fingerprint density at radius 2 is 2.05 bits per heavy atom. The predicted octanol–water partition coefficient (Wildman–Crippen LogP) is 3.29. The van der Waals surface area contributed by atoms with Crippen molar-refractivity contribution in [3.63, 3.8) is 0 Å². The Balaban J connectivity index is 2.10. The molecule has 0 spiro atoms. The lowest BCUT2D eigenvalue weighted by Crippen LogP contribution is -2.16. The Morgan fingerprint density at radius 3 is 2.63 bits per heavy atom. The fraction of sp³-hybridized carbons (Fsp3) is 0.357. The van der Waals surface area contributed by atoms with Crippen LogP contribution in [0.5, 0.6) is 0 Å². The summed E-state index contributed by atoms with van der Waals surface area (Å²) >= 11 is 9.61. The molecule has 1 unspecified atom stereocenters. The summed E-state index contributed by atoms with van der Waals surface area (Å²) in [4.78, 5) is 0. The van der Waals surface area contributed by atoms with E-state index in [0.717, 1.165) is 21.4 Å². The van der Waals surface area contributed by atoms with Crippen LogP contribution in [0.1, 0.15) is 17.0 Å². The number of aliphatic hydroxyl groups is 1. The third-order valence-corrected chi connectivity index (χ3v) is 4.50. The first-order valence-electron chi connectivity index (χ1n) is 6.08. The van der Waals surface area contributed by atoms with E-state index in [-0.39, 0.29) is 0 Å². The number of hydrogen-bond acceptors (Lipinski definition) is 2. The quantitative estimate of drug-likeness (QED) is 0.925. The van der Waals surface area contributed by atoms with Crippen molar-refractivity contribution in [2.24, 2.45) is 7.05 Å². The van der Waals surface area contributed by atoms with E-state index in [1.807, 2.05) is 38.2 Å².